The van der Waals surface area contributed by atoms with Gasteiger partial charge in [-0.3, -0.25) is 14.5 Å². The van der Waals surface area contributed by atoms with Gasteiger partial charge in [0, 0.05) is 53.8 Å². The van der Waals surface area contributed by atoms with Gasteiger partial charge >= 0.3 is 6.18 Å². The maximum absolute atomic E-state index is 13.2. The third-order valence-electron chi connectivity index (χ3n) is 8.39. The molecule has 0 saturated carbocycles. The van der Waals surface area contributed by atoms with Crippen molar-refractivity contribution < 1.29 is 32.6 Å². The van der Waals surface area contributed by atoms with Gasteiger partial charge in [-0.25, -0.2) is 4.68 Å². The maximum Gasteiger partial charge on any atom is 0.453 e. The van der Waals surface area contributed by atoms with Crippen LogP contribution in [0.5, 0.6) is 0 Å². The highest BCUT2D eigenvalue weighted by atomic mass is 32.2. The van der Waals surface area contributed by atoms with E-state index in [9.17, 15) is 27.9 Å². The first-order chi connectivity index (χ1) is 19.9. The van der Waals surface area contributed by atoms with E-state index in [1.54, 1.807) is 23.6 Å². The Morgan fingerprint density at radius 1 is 1.38 bits per heavy atom. The second-order valence-electron chi connectivity index (χ2n) is 11.5. The molecule has 17 heteroatoms. The fourth-order valence-electron chi connectivity index (χ4n) is 6.35. The molecule has 3 fully saturated rings. The number of nitrogen functional groups attached to an aromatic ring is 1. The van der Waals surface area contributed by atoms with Crippen molar-refractivity contribution in [2.75, 3.05) is 45.3 Å². The van der Waals surface area contributed by atoms with Gasteiger partial charge in [0.2, 0.25) is 17.8 Å². The number of β-lactam (4-membered cyclic amide) rings is 1. The maximum atomic E-state index is 13.2. The number of thioether (sulfide) groups is 1. The molecule has 4 aliphatic heterocycles. The molecule has 3 unspecified atom stereocenters. The number of halogens is 3. The molecule has 0 bridgehead atoms. The van der Waals surface area contributed by atoms with Gasteiger partial charge in [0.05, 0.1) is 37.6 Å². The van der Waals surface area contributed by atoms with Crippen LogP contribution in [-0.2, 0) is 27.0 Å². The van der Waals surface area contributed by atoms with Gasteiger partial charge < -0.3 is 36.8 Å². The Kier molecular flexibility index (Phi) is 9.06. The van der Waals surface area contributed by atoms with E-state index in [1.165, 1.54) is 0 Å². The van der Waals surface area contributed by atoms with Crippen LogP contribution in [0.3, 0.4) is 0 Å². The minimum Gasteiger partial charge on any atom is -0.390 e. The predicted octanol–water partition coefficient (Wildman–Crippen LogP) is -0.465. The quantitative estimate of drug-likeness (QED) is 0.203. The minimum atomic E-state index is -4.79. The number of nitrogens with two attached hydrogens (primary N) is 2. The van der Waals surface area contributed by atoms with Gasteiger partial charge in [-0.05, 0) is 19.8 Å². The molecule has 0 aromatic carbocycles. The first-order valence-corrected chi connectivity index (χ1v) is 14.9. The number of anilines is 1. The number of aliphatic hydroxyl groups excluding tert-OH is 1. The van der Waals surface area contributed by atoms with E-state index >= 15 is 0 Å². The zero-order chi connectivity index (χ0) is 30.3. The molecule has 0 radical (unpaired) electrons. The first-order valence-electron chi connectivity index (χ1n) is 14.1. The van der Waals surface area contributed by atoms with Crippen LogP contribution in [0.4, 0.5) is 19.1 Å². The summed E-state index contributed by atoms with van der Waals surface area (Å²) in [5, 5.41) is 19.9. The Morgan fingerprint density at radius 2 is 2.14 bits per heavy atom. The molecule has 5 heterocycles. The van der Waals surface area contributed by atoms with E-state index in [0.717, 1.165) is 37.4 Å². The van der Waals surface area contributed by atoms with E-state index in [-0.39, 0.29) is 41.8 Å². The fourth-order valence-corrected chi connectivity index (χ4v) is 7.87. The molecule has 234 valence electrons. The number of hydrogen-bond acceptors (Lipinski definition) is 11. The van der Waals surface area contributed by atoms with Crippen molar-refractivity contribution in [2.24, 2.45) is 17.6 Å². The Bertz CT molecular complexity index is 1210. The molecule has 42 heavy (non-hydrogen) atoms. The van der Waals surface area contributed by atoms with Crippen molar-refractivity contribution in [3.63, 3.8) is 0 Å². The number of nitrogens with zero attached hydrogens (tertiary/aromatic N) is 5. The molecular formula is C25H38F3N9O4S. The molecule has 0 spiro atoms. The van der Waals surface area contributed by atoms with Gasteiger partial charge in [0.15, 0.2) is 0 Å². The lowest BCUT2D eigenvalue weighted by Crippen LogP contribution is -2.66. The number of alkyl halides is 3. The minimum absolute atomic E-state index is 0.0609. The standard InChI is InChI=1S/C25H38F3N9O4S/c1-12-20-19(13(2)32-18(39)8-36-24(30)33-23(34-36)25(26,27)28)22(40)37(20)17(9-38)21(12)42-16-5-15(31-6-16)10-41-11-35-4-3-14(29)7-35/h12-16,19-20,31,38H,3-11,29H2,1-2H3,(H,32,39)(H2,30,33,34)/t12-,13-,14?,15?,16?,19-,20-/m1/s1. The van der Waals surface area contributed by atoms with E-state index in [4.69, 9.17) is 16.2 Å². The second-order valence-corrected chi connectivity index (χ2v) is 12.8. The summed E-state index contributed by atoms with van der Waals surface area (Å²) >= 11 is 1.67. The number of carbonyl (C=O) groups excluding carboxylic acids is 2. The van der Waals surface area contributed by atoms with Crippen LogP contribution in [0.15, 0.2) is 10.6 Å². The van der Waals surface area contributed by atoms with Crippen molar-refractivity contribution in [3.8, 4) is 0 Å². The zero-order valence-electron chi connectivity index (χ0n) is 23.5. The summed E-state index contributed by atoms with van der Waals surface area (Å²) < 4.78 is 45.2. The summed E-state index contributed by atoms with van der Waals surface area (Å²) in [5.74, 6) is -3.44. The molecule has 4 aliphatic rings. The van der Waals surface area contributed by atoms with Gasteiger partial charge in [-0.1, -0.05) is 6.92 Å². The molecule has 3 saturated heterocycles. The number of aliphatic hydroxyl groups is 1. The van der Waals surface area contributed by atoms with E-state index in [1.807, 2.05) is 6.92 Å². The zero-order valence-corrected chi connectivity index (χ0v) is 24.3. The highest BCUT2D eigenvalue weighted by molar-refractivity contribution is 8.03. The van der Waals surface area contributed by atoms with Crippen LogP contribution in [0.25, 0.3) is 0 Å². The molecule has 1 aromatic heterocycles. The summed E-state index contributed by atoms with van der Waals surface area (Å²) in [4.78, 5) is 33.8. The van der Waals surface area contributed by atoms with E-state index in [0.29, 0.717) is 23.7 Å². The lowest BCUT2D eigenvalue weighted by atomic mass is 9.78. The van der Waals surface area contributed by atoms with Crippen molar-refractivity contribution in [1.82, 2.24) is 35.2 Å². The van der Waals surface area contributed by atoms with Crippen LogP contribution < -0.4 is 22.1 Å². The summed E-state index contributed by atoms with van der Waals surface area (Å²) in [7, 11) is 0. The van der Waals surface area contributed by atoms with Gasteiger partial charge in [0.25, 0.3) is 5.82 Å². The Morgan fingerprint density at radius 3 is 2.79 bits per heavy atom. The number of fused-ring (bicyclic) bond motifs is 1. The molecule has 0 aliphatic carbocycles. The number of rotatable bonds is 11. The van der Waals surface area contributed by atoms with Gasteiger partial charge in [-0.15, -0.1) is 16.9 Å². The number of aromatic nitrogens is 3. The molecule has 5 rings (SSSR count). The molecule has 1 aromatic rings. The molecule has 7 N–H and O–H groups in total. The molecular weight excluding hydrogens is 579 g/mol. The van der Waals surface area contributed by atoms with Crippen molar-refractivity contribution in [3.05, 3.63) is 16.4 Å². The number of ether oxygens (including phenoxy) is 1. The van der Waals surface area contributed by atoms with Crippen molar-refractivity contribution in [2.45, 2.75) is 68.8 Å². The number of nitrogens with one attached hydrogen (secondary N) is 2. The summed E-state index contributed by atoms with van der Waals surface area (Å²) in [6.07, 6.45) is -2.92. The van der Waals surface area contributed by atoms with E-state index < -0.39 is 42.4 Å². The van der Waals surface area contributed by atoms with Crippen molar-refractivity contribution >= 4 is 29.5 Å². The molecule has 7 atom stereocenters. The predicted molar refractivity (Wildman–Crippen MR) is 147 cm³/mol. The molecule has 2 amide bonds. The SMILES string of the molecule is C[C@@H](NC(=O)Cn1nc(C(F)(F)F)nc1N)[C@H]1C(=O)N2C(CO)=C(SC3CNC(COCN4CCC(N)C4)C3)[C@H](C)[C@H]12. The number of amides is 2. The highest BCUT2D eigenvalue weighted by Crippen LogP contribution is 2.51. The number of hydrogen-bond donors (Lipinski definition) is 5. The topological polar surface area (TPSA) is 177 Å². The summed E-state index contributed by atoms with van der Waals surface area (Å²) in [5.41, 5.74) is 12.0. The first kappa shape index (κ1) is 31.0. The Hall–Kier alpha value is -2.44. The second kappa shape index (κ2) is 12.3. The Balaban J connectivity index is 1.13. The average Bonchev–Trinajstić information content (AvgIpc) is 3.67. The van der Waals surface area contributed by atoms with Crippen LogP contribution in [-0.4, -0.2) is 110 Å². The lowest BCUT2D eigenvalue weighted by Gasteiger charge is -2.48. The van der Waals surface area contributed by atoms with Crippen LogP contribution in [0.2, 0.25) is 0 Å². The normalized spacial score (nSPS) is 30.6. The highest BCUT2D eigenvalue weighted by Gasteiger charge is 2.58. The smallest absolute Gasteiger partial charge is 0.390 e. The third-order valence-corrected chi connectivity index (χ3v) is 9.94. The van der Waals surface area contributed by atoms with Crippen molar-refractivity contribution in [1.29, 1.82) is 0 Å². The fraction of sp³-hybridized carbons (Fsp3) is 0.760. The van der Waals surface area contributed by atoms with Crippen LogP contribution in [0.1, 0.15) is 32.5 Å². The largest absolute Gasteiger partial charge is 0.453 e. The molecule has 13 nitrogen and oxygen atoms in total. The van der Waals surface area contributed by atoms with Gasteiger partial charge in [-0.2, -0.15) is 18.2 Å². The lowest BCUT2D eigenvalue weighted by molar-refractivity contribution is -0.155. The van der Waals surface area contributed by atoms with Crippen LogP contribution >= 0.6 is 11.8 Å². The van der Waals surface area contributed by atoms with Gasteiger partial charge in [0.1, 0.15) is 6.54 Å². The number of carbonyl (C=O) groups is 2. The monoisotopic (exact) mass is 617 g/mol. The van der Waals surface area contributed by atoms with Crippen LogP contribution in [0, 0.1) is 11.8 Å². The number of likely N-dealkylation sites (tertiary alicyclic amines) is 1. The van der Waals surface area contributed by atoms with E-state index in [2.05, 4.69) is 25.6 Å². The Labute approximate surface area is 245 Å². The third kappa shape index (κ3) is 6.26. The summed E-state index contributed by atoms with van der Waals surface area (Å²) in [6, 6.07) is -0.426. The average molecular weight is 618 g/mol. The summed E-state index contributed by atoms with van der Waals surface area (Å²) in [6.45, 7) is 6.58.